The van der Waals surface area contributed by atoms with Crippen molar-refractivity contribution in [3.8, 4) is 0 Å². The minimum atomic E-state index is -1.05. The molecule has 88 valence electrons. The lowest BCUT2D eigenvalue weighted by molar-refractivity contribution is 0.102. The first kappa shape index (κ1) is 12.1. The highest BCUT2D eigenvalue weighted by Gasteiger charge is 2.25. The van der Waals surface area contributed by atoms with Gasteiger partial charge in [-0.25, -0.2) is 0 Å². The second-order valence-corrected chi connectivity index (χ2v) is 4.70. The molecule has 0 fully saturated rings. The average Bonchev–Trinajstić information content (AvgIpc) is 2.30. The minimum absolute atomic E-state index is 0.659. The lowest BCUT2D eigenvalue weighted by Gasteiger charge is -2.24. The molecule has 1 aromatic heterocycles. The summed E-state index contributed by atoms with van der Waals surface area (Å²) >= 11 is 5.83. The van der Waals surface area contributed by atoms with E-state index >= 15 is 0 Å². The topological polar surface area (TPSA) is 33.1 Å². The summed E-state index contributed by atoms with van der Waals surface area (Å²) in [5, 5.41) is 11.2. The number of aryl methyl sites for hydroxylation is 1. The molecule has 17 heavy (non-hydrogen) atoms. The first-order valence-corrected chi connectivity index (χ1v) is 5.79. The lowest BCUT2D eigenvalue weighted by atomic mass is 9.89. The Balaban J connectivity index is 2.41. The Kier molecular flexibility index (Phi) is 3.18. The molecule has 2 nitrogen and oxygen atoms in total. The van der Waals surface area contributed by atoms with Gasteiger partial charge in [0.1, 0.15) is 5.60 Å². The van der Waals surface area contributed by atoms with E-state index in [9.17, 15) is 5.11 Å². The van der Waals surface area contributed by atoms with Gasteiger partial charge in [0.2, 0.25) is 0 Å². The van der Waals surface area contributed by atoms with Crippen LogP contribution in [0.3, 0.4) is 0 Å². The van der Waals surface area contributed by atoms with Crippen LogP contribution in [0.5, 0.6) is 0 Å². The van der Waals surface area contributed by atoms with Crippen molar-refractivity contribution in [1.29, 1.82) is 0 Å². The third kappa shape index (κ3) is 2.48. The first-order chi connectivity index (χ1) is 8.00. The Morgan fingerprint density at radius 2 is 1.65 bits per heavy atom. The van der Waals surface area contributed by atoms with Gasteiger partial charge in [0.25, 0.3) is 0 Å². The van der Waals surface area contributed by atoms with Crippen LogP contribution >= 0.6 is 11.6 Å². The number of aliphatic hydroxyl groups is 1. The van der Waals surface area contributed by atoms with Crippen LogP contribution < -0.4 is 0 Å². The zero-order valence-electron chi connectivity index (χ0n) is 9.81. The number of aromatic nitrogens is 1. The minimum Gasteiger partial charge on any atom is -0.381 e. The van der Waals surface area contributed by atoms with Gasteiger partial charge in [-0.3, -0.25) is 4.98 Å². The van der Waals surface area contributed by atoms with Crippen LogP contribution in [0.4, 0.5) is 0 Å². The number of hydrogen-bond donors (Lipinski definition) is 1. The van der Waals surface area contributed by atoms with E-state index in [1.165, 1.54) is 0 Å². The summed E-state index contributed by atoms with van der Waals surface area (Å²) in [7, 11) is 0. The molecule has 0 amide bonds. The van der Waals surface area contributed by atoms with Crippen molar-refractivity contribution in [2.45, 2.75) is 19.4 Å². The third-order valence-electron chi connectivity index (χ3n) is 2.88. The molecule has 2 rings (SSSR count). The lowest BCUT2D eigenvalue weighted by Crippen LogP contribution is -2.22. The van der Waals surface area contributed by atoms with Crippen molar-refractivity contribution < 1.29 is 5.11 Å². The summed E-state index contributed by atoms with van der Waals surface area (Å²) in [5.74, 6) is 0. The maximum absolute atomic E-state index is 10.6. The van der Waals surface area contributed by atoms with Crippen molar-refractivity contribution >= 4 is 11.6 Å². The summed E-state index contributed by atoms with van der Waals surface area (Å²) < 4.78 is 0. The highest BCUT2D eigenvalue weighted by Crippen LogP contribution is 2.29. The quantitative estimate of drug-likeness (QED) is 0.883. The van der Waals surface area contributed by atoms with Crippen LogP contribution in [-0.2, 0) is 5.60 Å². The van der Waals surface area contributed by atoms with Gasteiger partial charge >= 0.3 is 0 Å². The molecule has 0 spiro atoms. The van der Waals surface area contributed by atoms with E-state index in [0.717, 1.165) is 16.8 Å². The molecular formula is C14H14ClNO. The van der Waals surface area contributed by atoms with E-state index < -0.39 is 5.60 Å². The smallest absolute Gasteiger partial charge is 0.113 e. The van der Waals surface area contributed by atoms with E-state index in [-0.39, 0.29) is 0 Å². The summed E-state index contributed by atoms with van der Waals surface area (Å²) in [4.78, 5) is 4.20. The molecule has 0 aliphatic rings. The van der Waals surface area contributed by atoms with E-state index in [2.05, 4.69) is 4.98 Å². The molecule has 1 unspecified atom stereocenters. The van der Waals surface area contributed by atoms with E-state index in [4.69, 9.17) is 11.6 Å². The zero-order valence-corrected chi connectivity index (χ0v) is 10.6. The molecule has 1 N–H and O–H groups in total. The van der Waals surface area contributed by atoms with Crippen LogP contribution in [0.1, 0.15) is 23.7 Å². The highest BCUT2D eigenvalue weighted by atomic mass is 35.5. The normalized spacial score (nSPS) is 14.4. The zero-order chi connectivity index (χ0) is 12.5. The number of benzene rings is 1. The van der Waals surface area contributed by atoms with Crippen LogP contribution in [0.25, 0.3) is 0 Å². The Bertz CT molecular complexity index is 455. The van der Waals surface area contributed by atoms with Gasteiger partial charge in [0, 0.05) is 22.5 Å². The fraction of sp³-hybridized carbons (Fsp3) is 0.214. The average molecular weight is 248 g/mol. The highest BCUT2D eigenvalue weighted by molar-refractivity contribution is 6.30. The van der Waals surface area contributed by atoms with E-state index in [1.54, 1.807) is 25.3 Å². The van der Waals surface area contributed by atoms with Crippen molar-refractivity contribution in [3.05, 3.63) is 64.4 Å². The maximum Gasteiger partial charge on any atom is 0.113 e. The Labute approximate surface area is 106 Å². The summed E-state index contributed by atoms with van der Waals surface area (Å²) in [5.41, 5.74) is 1.45. The van der Waals surface area contributed by atoms with Crippen LogP contribution in [-0.4, -0.2) is 10.1 Å². The number of halogens is 1. The predicted octanol–water partition coefficient (Wildman–Crippen LogP) is 3.30. The second-order valence-electron chi connectivity index (χ2n) is 4.27. The Morgan fingerprint density at radius 3 is 2.18 bits per heavy atom. The molecule has 0 saturated heterocycles. The molecule has 1 heterocycles. The standard InChI is InChI=1S/C14H14ClNO/c1-10-3-4-12(9-16-10)14(2,17)11-5-7-13(15)8-6-11/h3-9,17H,1-2H3. The monoisotopic (exact) mass is 247 g/mol. The molecule has 0 saturated carbocycles. The molecule has 0 aliphatic heterocycles. The van der Waals surface area contributed by atoms with Gasteiger partial charge in [-0.05, 0) is 37.6 Å². The van der Waals surface area contributed by atoms with Gasteiger partial charge in [-0.2, -0.15) is 0 Å². The van der Waals surface area contributed by atoms with E-state index in [0.29, 0.717) is 5.02 Å². The van der Waals surface area contributed by atoms with Crippen LogP contribution in [0.15, 0.2) is 42.6 Å². The molecule has 1 aromatic carbocycles. The van der Waals surface area contributed by atoms with Crippen LogP contribution in [0, 0.1) is 6.92 Å². The summed E-state index contributed by atoms with van der Waals surface area (Å²) in [6.45, 7) is 3.67. The van der Waals surface area contributed by atoms with Crippen LogP contribution in [0.2, 0.25) is 5.02 Å². The fourth-order valence-corrected chi connectivity index (χ4v) is 1.82. The van der Waals surface area contributed by atoms with Crippen molar-refractivity contribution in [3.63, 3.8) is 0 Å². The number of pyridine rings is 1. The van der Waals surface area contributed by atoms with Gasteiger partial charge in [-0.15, -0.1) is 0 Å². The van der Waals surface area contributed by atoms with Gasteiger partial charge < -0.3 is 5.11 Å². The summed E-state index contributed by atoms with van der Waals surface area (Å²) in [6, 6.07) is 11.0. The second kappa shape index (κ2) is 4.47. The van der Waals surface area contributed by atoms with Gasteiger partial charge in [0.05, 0.1) is 0 Å². The molecule has 1 atom stereocenters. The van der Waals surface area contributed by atoms with Crippen molar-refractivity contribution in [1.82, 2.24) is 4.98 Å². The molecule has 0 aliphatic carbocycles. The largest absolute Gasteiger partial charge is 0.381 e. The van der Waals surface area contributed by atoms with Crippen molar-refractivity contribution in [2.24, 2.45) is 0 Å². The van der Waals surface area contributed by atoms with E-state index in [1.807, 2.05) is 31.2 Å². The molecule has 0 radical (unpaired) electrons. The summed E-state index contributed by atoms with van der Waals surface area (Å²) in [6.07, 6.45) is 1.70. The number of rotatable bonds is 2. The molecule has 0 bridgehead atoms. The SMILES string of the molecule is Cc1ccc(C(C)(O)c2ccc(Cl)cc2)cn1. The first-order valence-electron chi connectivity index (χ1n) is 5.42. The molecule has 3 heteroatoms. The third-order valence-corrected chi connectivity index (χ3v) is 3.13. The number of hydrogen-bond acceptors (Lipinski definition) is 2. The Hall–Kier alpha value is -1.38. The number of nitrogens with zero attached hydrogens (tertiary/aromatic N) is 1. The molecular weight excluding hydrogens is 234 g/mol. The van der Waals surface area contributed by atoms with Crippen molar-refractivity contribution in [2.75, 3.05) is 0 Å². The molecule has 2 aromatic rings. The predicted molar refractivity (Wildman–Crippen MR) is 69.1 cm³/mol. The maximum atomic E-state index is 10.6. The van der Waals surface area contributed by atoms with Gasteiger partial charge in [-0.1, -0.05) is 29.8 Å². The fourth-order valence-electron chi connectivity index (χ4n) is 1.70. The van der Waals surface area contributed by atoms with Gasteiger partial charge in [0.15, 0.2) is 0 Å². The Morgan fingerprint density at radius 1 is 1.06 bits per heavy atom.